The van der Waals surface area contributed by atoms with Crippen molar-refractivity contribution in [1.29, 1.82) is 0 Å². The van der Waals surface area contributed by atoms with Gasteiger partial charge in [0.25, 0.3) is 0 Å². The number of nitrogens with one attached hydrogen (secondary N) is 2. The fourth-order valence-electron chi connectivity index (χ4n) is 3.07. The molecule has 3 rings (SSSR count). The molecule has 1 heterocycles. The smallest absolute Gasteiger partial charge is 0.243 e. The Morgan fingerprint density at radius 3 is 2.56 bits per heavy atom. The maximum Gasteiger partial charge on any atom is 0.243 e. The molecule has 2 atom stereocenters. The molecule has 0 spiro atoms. The number of amides is 2. The van der Waals surface area contributed by atoms with Gasteiger partial charge >= 0.3 is 0 Å². The van der Waals surface area contributed by atoms with Gasteiger partial charge in [-0.2, -0.15) is 0 Å². The normalized spacial score (nSPS) is 19.5. The van der Waals surface area contributed by atoms with Crippen LogP contribution in [0.3, 0.4) is 0 Å². The molecule has 2 unspecified atom stereocenters. The van der Waals surface area contributed by atoms with Crippen LogP contribution in [-0.2, 0) is 9.59 Å². The number of nitrogens with zero attached hydrogens (tertiary/aromatic N) is 1. The number of rotatable bonds is 4. The third-order valence-corrected chi connectivity index (χ3v) is 4.30. The first kappa shape index (κ1) is 16.8. The van der Waals surface area contributed by atoms with Crippen molar-refractivity contribution in [2.45, 2.75) is 19.9 Å². The molecule has 6 nitrogen and oxygen atoms in total. The number of hydrogen-bond acceptors (Lipinski definition) is 4. The van der Waals surface area contributed by atoms with Gasteiger partial charge in [-0.1, -0.05) is 19.1 Å². The molecule has 2 N–H and O–H groups in total. The van der Waals surface area contributed by atoms with E-state index in [0.29, 0.717) is 5.69 Å². The minimum Gasteiger partial charge on any atom is -0.497 e. The standard InChI is InChI=1S/C19H21N3O3/c1-12-18(14-5-4-6-15(11-14)20-13(2)23)22(21-19(12)24)16-7-9-17(25-3)10-8-16/h4-12,18H,1-3H3,(H,20,23)(H,21,24). The van der Waals surface area contributed by atoms with Crippen LogP contribution in [0.2, 0.25) is 0 Å². The van der Waals surface area contributed by atoms with Crippen molar-refractivity contribution in [2.75, 3.05) is 17.4 Å². The SMILES string of the molecule is COc1ccc(N2NC(=O)C(C)C2c2cccc(NC(C)=O)c2)cc1. The van der Waals surface area contributed by atoms with Crippen LogP contribution in [0.1, 0.15) is 25.5 Å². The molecule has 6 heteroatoms. The lowest BCUT2D eigenvalue weighted by Crippen LogP contribution is -2.34. The molecule has 0 aromatic heterocycles. The Kier molecular flexibility index (Phi) is 4.61. The van der Waals surface area contributed by atoms with Gasteiger partial charge in [-0.15, -0.1) is 0 Å². The molecule has 0 bridgehead atoms. The molecule has 2 amide bonds. The fraction of sp³-hybridized carbons (Fsp3) is 0.263. The number of hydrazine groups is 1. The highest BCUT2D eigenvalue weighted by atomic mass is 16.5. The van der Waals surface area contributed by atoms with Crippen LogP contribution in [0.25, 0.3) is 0 Å². The Morgan fingerprint density at radius 1 is 1.20 bits per heavy atom. The second kappa shape index (κ2) is 6.84. The fourth-order valence-corrected chi connectivity index (χ4v) is 3.07. The summed E-state index contributed by atoms with van der Waals surface area (Å²) in [6.07, 6.45) is 0. The maximum atomic E-state index is 12.3. The second-order valence-corrected chi connectivity index (χ2v) is 6.08. The van der Waals surface area contributed by atoms with E-state index in [0.717, 1.165) is 17.0 Å². The Hall–Kier alpha value is -3.02. The van der Waals surface area contributed by atoms with E-state index in [1.807, 2.05) is 60.5 Å². The minimum absolute atomic E-state index is 0.0363. The number of anilines is 2. The highest BCUT2D eigenvalue weighted by Gasteiger charge is 2.39. The van der Waals surface area contributed by atoms with E-state index in [2.05, 4.69) is 10.7 Å². The van der Waals surface area contributed by atoms with Gasteiger partial charge in [0.1, 0.15) is 5.75 Å². The molecule has 130 valence electrons. The topological polar surface area (TPSA) is 70.7 Å². The lowest BCUT2D eigenvalue weighted by atomic mass is 9.94. The maximum absolute atomic E-state index is 12.3. The molecule has 2 aromatic carbocycles. The summed E-state index contributed by atoms with van der Waals surface area (Å²) in [4.78, 5) is 23.6. The van der Waals surface area contributed by atoms with E-state index >= 15 is 0 Å². The molecule has 25 heavy (non-hydrogen) atoms. The van der Waals surface area contributed by atoms with E-state index in [1.54, 1.807) is 7.11 Å². The van der Waals surface area contributed by atoms with Crippen LogP contribution in [0, 0.1) is 5.92 Å². The number of hydrogen-bond donors (Lipinski definition) is 2. The van der Waals surface area contributed by atoms with Crippen molar-refractivity contribution in [2.24, 2.45) is 5.92 Å². The van der Waals surface area contributed by atoms with Crippen molar-refractivity contribution < 1.29 is 14.3 Å². The van der Waals surface area contributed by atoms with Crippen LogP contribution in [0.4, 0.5) is 11.4 Å². The summed E-state index contributed by atoms with van der Waals surface area (Å²) in [6, 6.07) is 14.9. The monoisotopic (exact) mass is 339 g/mol. The number of carbonyl (C=O) groups is 2. The van der Waals surface area contributed by atoms with E-state index in [1.165, 1.54) is 6.92 Å². The highest BCUT2D eigenvalue weighted by Crippen LogP contribution is 2.37. The summed E-state index contributed by atoms with van der Waals surface area (Å²) in [5.74, 6) is 0.366. The van der Waals surface area contributed by atoms with Crippen LogP contribution >= 0.6 is 0 Å². The predicted octanol–water partition coefficient (Wildman–Crippen LogP) is 2.88. The van der Waals surface area contributed by atoms with Gasteiger partial charge in [-0.3, -0.25) is 20.0 Å². The van der Waals surface area contributed by atoms with Gasteiger partial charge < -0.3 is 10.1 Å². The quantitative estimate of drug-likeness (QED) is 0.898. The van der Waals surface area contributed by atoms with E-state index in [4.69, 9.17) is 4.74 Å². The van der Waals surface area contributed by atoms with Gasteiger partial charge in [-0.25, -0.2) is 0 Å². The van der Waals surface area contributed by atoms with E-state index < -0.39 is 0 Å². The Bertz CT molecular complexity index is 789. The van der Waals surface area contributed by atoms with Crippen LogP contribution in [-0.4, -0.2) is 18.9 Å². The third-order valence-electron chi connectivity index (χ3n) is 4.30. The highest BCUT2D eigenvalue weighted by molar-refractivity contribution is 5.89. The van der Waals surface area contributed by atoms with Crippen molar-refractivity contribution in [3.05, 3.63) is 54.1 Å². The Labute approximate surface area is 146 Å². The number of ether oxygens (including phenoxy) is 1. The molecular weight excluding hydrogens is 318 g/mol. The Morgan fingerprint density at radius 2 is 1.92 bits per heavy atom. The van der Waals surface area contributed by atoms with Crippen LogP contribution < -0.4 is 20.5 Å². The first-order valence-electron chi connectivity index (χ1n) is 8.11. The average Bonchev–Trinajstić information content (AvgIpc) is 2.90. The molecule has 2 aromatic rings. The lowest BCUT2D eigenvalue weighted by Gasteiger charge is -2.27. The molecule has 1 fully saturated rings. The van der Waals surface area contributed by atoms with Gasteiger partial charge in [0.15, 0.2) is 0 Å². The number of methoxy groups -OCH3 is 1. The van der Waals surface area contributed by atoms with Crippen LogP contribution in [0.15, 0.2) is 48.5 Å². The van der Waals surface area contributed by atoms with Gasteiger partial charge in [0.05, 0.1) is 24.8 Å². The molecule has 1 aliphatic rings. The zero-order valence-electron chi connectivity index (χ0n) is 14.4. The van der Waals surface area contributed by atoms with Gasteiger partial charge in [0.2, 0.25) is 11.8 Å². The minimum atomic E-state index is -0.227. The lowest BCUT2D eigenvalue weighted by molar-refractivity contribution is -0.122. The second-order valence-electron chi connectivity index (χ2n) is 6.08. The third kappa shape index (κ3) is 3.42. The van der Waals surface area contributed by atoms with E-state index in [9.17, 15) is 9.59 Å². The summed E-state index contributed by atoms with van der Waals surface area (Å²) in [6.45, 7) is 3.37. The summed E-state index contributed by atoms with van der Waals surface area (Å²) >= 11 is 0. The first-order valence-corrected chi connectivity index (χ1v) is 8.11. The van der Waals surface area contributed by atoms with Crippen molar-refractivity contribution in [3.63, 3.8) is 0 Å². The van der Waals surface area contributed by atoms with Crippen molar-refractivity contribution in [1.82, 2.24) is 5.43 Å². The first-order chi connectivity index (χ1) is 12.0. The summed E-state index contributed by atoms with van der Waals surface area (Å²) < 4.78 is 5.19. The van der Waals surface area contributed by atoms with Gasteiger partial charge in [-0.05, 0) is 42.0 Å². The summed E-state index contributed by atoms with van der Waals surface area (Å²) in [5.41, 5.74) is 5.47. The molecular formula is C19H21N3O3. The average molecular weight is 339 g/mol. The molecule has 1 aliphatic heterocycles. The van der Waals surface area contributed by atoms with E-state index in [-0.39, 0.29) is 23.8 Å². The molecule has 0 aliphatic carbocycles. The van der Waals surface area contributed by atoms with Crippen LogP contribution in [0.5, 0.6) is 5.75 Å². The largest absolute Gasteiger partial charge is 0.497 e. The zero-order valence-corrected chi connectivity index (χ0v) is 14.4. The number of carbonyl (C=O) groups excluding carboxylic acids is 2. The van der Waals surface area contributed by atoms with Gasteiger partial charge in [0, 0.05) is 12.6 Å². The molecule has 0 radical (unpaired) electrons. The van der Waals surface area contributed by atoms with Crippen molar-refractivity contribution in [3.8, 4) is 5.75 Å². The summed E-state index contributed by atoms with van der Waals surface area (Å²) in [7, 11) is 1.62. The summed E-state index contributed by atoms with van der Waals surface area (Å²) in [5, 5.41) is 4.65. The number of benzene rings is 2. The molecule has 1 saturated heterocycles. The predicted molar refractivity (Wildman–Crippen MR) is 96.3 cm³/mol. The zero-order chi connectivity index (χ0) is 18.0. The molecule has 0 saturated carbocycles. The Balaban J connectivity index is 1.95. The van der Waals surface area contributed by atoms with Crippen molar-refractivity contribution >= 4 is 23.2 Å².